The maximum atomic E-state index is 12.3. The van der Waals surface area contributed by atoms with E-state index in [-0.39, 0.29) is 24.5 Å². The molecule has 8 nitrogen and oxygen atoms in total. The van der Waals surface area contributed by atoms with Crippen molar-refractivity contribution < 1.29 is 14.3 Å². The predicted molar refractivity (Wildman–Crippen MR) is 119 cm³/mol. The maximum Gasteiger partial charge on any atom is 0.253 e. The SMILES string of the molecule is N#CC1(c2c(OC3CC3)cccc2-c2csc(NC(=O)CNC(=O)c3cc[nH]c3)n2)CC1. The molecule has 5 rings (SSSR count). The number of H-pyrrole nitrogens is 1. The van der Waals surface area contributed by atoms with E-state index in [4.69, 9.17) is 4.74 Å². The van der Waals surface area contributed by atoms with Gasteiger partial charge in [0.25, 0.3) is 5.91 Å². The average Bonchev–Trinajstić information content (AvgIpc) is 3.67. The Morgan fingerprint density at radius 2 is 2.16 bits per heavy atom. The van der Waals surface area contributed by atoms with Gasteiger partial charge in [-0.25, -0.2) is 4.98 Å². The lowest BCUT2D eigenvalue weighted by molar-refractivity contribution is -0.115. The fourth-order valence-electron chi connectivity index (χ4n) is 3.59. The topological polar surface area (TPSA) is 120 Å². The van der Waals surface area contributed by atoms with E-state index in [9.17, 15) is 14.9 Å². The number of carbonyl (C=O) groups is 2. The van der Waals surface area contributed by atoms with Crippen LogP contribution in [0.3, 0.4) is 0 Å². The van der Waals surface area contributed by atoms with Crippen LogP contribution in [0.2, 0.25) is 0 Å². The lowest BCUT2D eigenvalue weighted by Crippen LogP contribution is -2.32. The van der Waals surface area contributed by atoms with Crippen molar-refractivity contribution in [3.63, 3.8) is 0 Å². The molecule has 3 aromatic rings. The maximum absolute atomic E-state index is 12.3. The lowest BCUT2D eigenvalue weighted by Gasteiger charge is -2.17. The molecule has 2 aromatic heterocycles. The second-order valence-corrected chi connectivity index (χ2v) is 8.92. The quantitative estimate of drug-likeness (QED) is 0.487. The predicted octanol–water partition coefficient (Wildman–Crippen LogP) is 3.60. The van der Waals surface area contributed by atoms with Crippen molar-refractivity contribution in [1.82, 2.24) is 15.3 Å². The fraction of sp³-hybridized carbons (Fsp3) is 0.304. The van der Waals surface area contributed by atoms with Crippen molar-refractivity contribution >= 4 is 28.3 Å². The largest absolute Gasteiger partial charge is 0.490 e. The average molecular weight is 448 g/mol. The molecular formula is C23H21N5O3S. The van der Waals surface area contributed by atoms with Gasteiger partial charge in [0, 0.05) is 28.9 Å². The Hall–Kier alpha value is -3.64. The van der Waals surface area contributed by atoms with Gasteiger partial charge in [0.05, 0.1) is 35.4 Å². The Morgan fingerprint density at radius 1 is 1.31 bits per heavy atom. The first kappa shape index (κ1) is 20.3. The van der Waals surface area contributed by atoms with E-state index in [0.717, 1.165) is 42.6 Å². The van der Waals surface area contributed by atoms with Gasteiger partial charge in [0.15, 0.2) is 5.13 Å². The van der Waals surface area contributed by atoms with Gasteiger partial charge in [-0.05, 0) is 37.8 Å². The molecule has 32 heavy (non-hydrogen) atoms. The summed E-state index contributed by atoms with van der Waals surface area (Å²) in [7, 11) is 0. The number of aromatic nitrogens is 2. The van der Waals surface area contributed by atoms with Gasteiger partial charge in [-0.15, -0.1) is 11.3 Å². The summed E-state index contributed by atoms with van der Waals surface area (Å²) >= 11 is 1.30. The van der Waals surface area contributed by atoms with Crippen LogP contribution >= 0.6 is 11.3 Å². The van der Waals surface area contributed by atoms with Crippen molar-refractivity contribution in [2.75, 3.05) is 11.9 Å². The number of hydrogen-bond donors (Lipinski definition) is 3. The molecule has 2 aliphatic rings. The van der Waals surface area contributed by atoms with Gasteiger partial charge in [-0.1, -0.05) is 12.1 Å². The van der Waals surface area contributed by atoms with E-state index in [1.165, 1.54) is 11.3 Å². The summed E-state index contributed by atoms with van der Waals surface area (Å²) in [6, 6.07) is 9.90. The number of anilines is 1. The van der Waals surface area contributed by atoms with Crippen LogP contribution in [0.4, 0.5) is 5.13 Å². The van der Waals surface area contributed by atoms with E-state index >= 15 is 0 Å². The molecule has 0 aliphatic heterocycles. The van der Waals surface area contributed by atoms with E-state index in [1.54, 1.807) is 18.5 Å². The van der Waals surface area contributed by atoms with Gasteiger partial charge in [-0.3, -0.25) is 9.59 Å². The van der Waals surface area contributed by atoms with Crippen LogP contribution in [0.1, 0.15) is 41.6 Å². The minimum atomic E-state index is -0.531. The molecule has 2 amide bonds. The Labute approximate surface area is 188 Å². The molecule has 1 aromatic carbocycles. The zero-order chi connectivity index (χ0) is 22.1. The van der Waals surface area contributed by atoms with Crippen LogP contribution in [0.5, 0.6) is 5.75 Å². The minimum Gasteiger partial charge on any atom is -0.490 e. The number of carbonyl (C=O) groups excluding carboxylic acids is 2. The Morgan fingerprint density at radius 3 is 2.84 bits per heavy atom. The zero-order valence-corrected chi connectivity index (χ0v) is 18.0. The number of nitriles is 1. The zero-order valence-electron chi connectivity index (χ0n) is 17.2. The Balaban J connectivity index is 1.32. The van der Waals surface area contributed by atoms with Crippen LogP contribution in [0, 0.1) is 11.3 Å². The number of aromatic amines is 1. The van der Waals surface area contributed by atoms with Gasteiger partial charge in [0.2, 0.25) is 5.91 Å². The Bertz CT molecular complexity index is 1200. The number of amides is 2. The molecule has 3 N–H and O–H groups in total. The molecule has 9 heteroatoms. The van der Waals surface area contributed by atoms with Gasteiger partial charge in [-0.2, -0.15) is 5.26 Å². The third kappa shape index (κ3) is 4.09. The molecule has 0 radical (unpaired) electrons. The van der Waals surface area contributed by atoms with E-state index < -0.39 is 5.41 Å². The second-order valence-electron chi connectivity index (χ2n) is 8.06. The van der Waals surface area contributed by atoms with Crippen LogP contribution in [0.25, 0.3) is 11.3 Å². The molecule has 0 bridgehead atoms. The van der Waals surface area contributed by atoms with Crippen molar-refractivity contribution in [3.8, 4) is 23.1 Å². The monoisotopic (exact) mass is 447 g/mol. The highest BCUT2D eigenvalue weighted by Gasteiger charge is 2.49. The number of ether oxygens (including phenoxy) is 1. The van der Waals surface area contributed by atoms with Crippen LogP contribution < -0.4 is 15.4 Å². The van der Waals surface area contributed by atoms with Gasteiger partial charge in [0.1, 0.15) is 5.75 Å². The summed E-state index contributed by atoms with van der Waals surface area (Å²) in [5, 5.41) is 17.4. The van der Waals surface area contributed by atoms with E-state index in [2.05, 4.69) is 26.7 Å². The fourth-order valence-corrected chi connectivity index (χ4v) is 4.32. The first-order chi connectivity index (χ1) is 15.6. The standard InChI is InChI=1S/C23H21N5O3S/c24-13-23(7-8-23)20-16(2-1-3-18(20)31-15-4-5-15)17-12-32-22(27-17)28-19(29)11-26-21(30)14-6-9-25-10-14/h1-3,6,9-10,12,15,25H,4-5,7-8,11H2,(H,26,30)(H,27,28,29). The number of hydrogen-bond acceptors (Lipinski definition) is 6. The summed E-state index contributed by atoms with van der Waals surface area (Å²) in [6.45, 7) is -0.160. The summed E-state index contributed by atoms with van der Waals surface area (Å²) in [5.41, 5.74) is 2.38. The number of benzene rings is 1. The van der Waals surface area contributed by atoms with Crippen LogP contribution in [-0.4, -0.2) is 34.4 Å². The summed E-state index contributed by atoms with van der Waals surface area (Å²) < 4.78 is 6.12. The normalized spacial score (nSPS) is 16.1. The van der Waals surface area contributed by atoms with Crippen molar-refractivity contribution in [2.45, 2.75) is 37.2 Å². The smallest absolute Gasteiger partial charge is 0.253 e. The molecule has 2 aliphatic carbocycles. The van der Waals surface area contributed by atoms with Crippen molar-refractivity contribution in [1.29, 1.82) is 5.26 Å². The van der Waals surface area contributed by atoms with Crippen LogP contribution in [-0.2, 0) is 10.2 Å². The lowest BCUT2D eigenvalue weighted by atomic mass is 9.90. The van der Waals surface area contributed by atoms with E-state index in [0.29, 0.717) is 16.4 Å². The highest BCUT2D eigenvalue weighted by atomic mass is 32.1. The van der Waals surface area contributed by atoms with Gasteiger partial charge < -0.3 is 20.4 Å². The molecule has 0 unspecified atom stereocenters. The third-order valence-corrected chi connectivity index (χ3v) is 6.34. The molecule has 0 saturated heterocycles. The third-order valence-electron chi connectivity index (χ3n) is 5.58. The molecule has 0 atom stereocenters. The minimum absolute atomic E-state index is 0.160. The molecule has 162 valence electrons. The number of thiazole rings is 1. The molecule has 0 spiro atoms. The summed E-state index contributed by atoms with van der Waals surface area (Å²) in [5.74, 6) is 0.0659. The molecule has 2 heterocycles. The number of rotatable bonds is 8. The highest BCUT2D eigenvalue weighted by Crippen LogP contribution is 2.54. The van der Waals surface area contributed by atoms with Crippen molar-refractivity contribution in [2.24, 2.45) is 0 Å². The number of nitrogens with one attached hydrogen (secondary N) is 3. The molecular weight excluding hydrogens is 426 g/mol. The summed E-state index contributed by atoms with van der Waals surface area (Å²) in [6.07, 6.45) is 7.11. The van der Waals surface area contributed by atoms with E-state index in [1.807, 2.05) is 23.6 Å². The van der Waals surface area contributed by atoms with Gasteiger partial charge >= 0.3 is 0 Å². The molecule has 2 fully saturated rings. The number of nitrogens with zero attached hydrogens (tertiary/aromatic N) is 2. The first-order valence-electron chi connectivity index (χ1n) is 10.5. The summed E-state index contributed by atoms with van der Waals surface area (Å²) in [4.78, 5) is 31.6. The second kappa shape index (κ2) is 8.13. The highest BCUT2D eigenvalue weighted by molar-refractivity contribution is 7.14. The molecule has 2 saturated carbocycles. The first-order valence-corrected chi connectivity index (χ1v) is 11.3. The van der Waals surface area contributed by atoms with Crippen LogP contribution in [0.15, 0.2) is 42.0 Å². The van der Waals surface area contributed by atoms with Crippen molar-refractivity contribution in [3.05, 3.63) is 53.2 Å². The Kier molecular flexibility index (Phi) is 5.15.